The molecule has 0 saturated carbocycles. The number of fused-ring (bicyclic) bond motifs is 2. The number of carbonyl (C=O) groups is 1. The first-order chi connectivity index (χ1) is 12.5. The van der Waals surface area contributed by atoms with Crippen LogP contribution in [0.2, 0.25) is 5.02 Å². The number of hydrogen-bond acceptors (Lipinski definition) is 5. The van der Waals surface area contributed by atoms with E-state index >= 15 is 0 Å². The number of methoxy groups -OCH3 is 1. The summed E-state index contributed by atoms with van der Waals surface area (Å²) in [7, 11) is 1.52. The molecule has 2 aromatic carbocycles. The van der Waals surface area contributed by atoms with Crippen LogP contribution in [-0.4, -0.2) is 23.0 Å². The molecule has 0 unspecified atom stereocenters. The molecular formula is C18H12ClN3O3S. The second-order valence-electron chi connectivity index (χ2n) is 5.53. The summed E-state index contributed by atoms with van der Waals surface area (Å²) in [6, 6.07) is 10.4. The second-order valence-corrected chi connectivity index (χ2v) is 7.00. The number of nitrogens with zero attached hydrogens (tertiary/aromatic N) is 1. The zero-order valence-corrected chi connectivity index (χ0v) is 15.1. The molecule has 6 nitrogen and oxygen atoms in total. The number of benzene rings is 2. The SMILES string of the molecule is COc1ccc2[nH]cc(C(=O)Nc3nc4ccc(Cl)cc4s3)c(=O)c2c1. The number of halogens is 1. The summed E-state index contributed by atoms with van der Waals surface area (Å²) in [5.41, 5.74) is 0.983. The van der Waals surface area contributed by atoms with Crippen molar-refractivity contribution in [2.45, 2.75) is 0 Å². The van der Waals surface area contributed by atoms with E-state index in [-0.39, 0.29) is 11.0 Å². The lowest BCUT2D eigenvalue weighted by Crippen LogP contribution is -2.21. The monoisotopic (exact) mass is 385 g/mol. The minimum Gasteiger partial charge on any atom is -0.497 e. The summed E-state index contributed by atoms with van der Waals surface area (Å²) in [6.45, 7) is 0. The molecule has 1 amide bonds. The van der Waals surface area contributed by atoms with Gasteiger partial charge in [0.1, 0.15) is 11.3 Å². The number of H-pyrrole nitrogens is 1. The topological polar surface area (TPSA) is 84.1 Å². The van der Waals surface area contributed by atoms with Crippen LogP contribution in [0.1, 0.15) is 10.4 Å². The van der Waals surface area contributed by atoms with Gasteiger partial charge in [-0.15, -0.1) is 0 Å². The summed E-state index contributed by atoms with van der Waals surface area (Å²) in [6.07, 6.45) is 1.40. The van der Waals surface area contributed by atoms with Crippen LogP contribution in [-0.2, 0) is 0 Å². The van der Waals surface area contributed by atoms with E-state index in [1.807, 2.05) is 0 Å². The van der Waals surface area contributed by atoms with Crippen LogP contribution < -0.4 is 15.5 Å². The van der Waals surface area contributed by atoms with Gasteiger partial charge < -0.3 is 9.72 Å². The lowest BCUT2D eigenvalue weighted by Gasteiger charge is -2.05. The molecule has 26 heavy (non-hydrogen) atoms. The number of hydrogen-bond donors (Lipinski definition) is 2. The van der Waals surface area contributed by atoms with Crippen LogP contribution in [0.15, 0.2) is 47.4 Å². The van der Waals surface area contributed by atoms with Gasteiger partial charge in [0, 0.05) is 22.1 Å². The van der Waals surface area contributed by atoms with E-state index in [9.17, 15) is 9.59 Å². The number of rotatable bonds is 3. The average Bonchev–Trinajstić information content (AvgIpc) is 3.03. The van der Waals surface area contributed by atoms with Crippen LogP contribution >= 0.6 is 22.9 Å². The summed E-state index contributed by atoms with van der Waals surface area (Å²) in [5, 5.41) is 4.05. The predicted octanol–water partition coefficient (Wildman–Crippen LogP) is 4.05. The summed E-state index contributed by atoms with van der Waals surface area (Å²) in [4.78, 5) is 32.5. The van der Waals surface area contributed by atoms with Crippen LogP contribution in [0, 0.1) is 0 Å². The Kier molecular flexibility index (Phi) is 4.10. The molecule has 0 aliphatic carbocycles. The third-order valence-electron chi connectivity index (χ3n) is 3.90. The highest BCUT2D eigenvalue weighted by atomic mass is 35.5. The van der Waals surface area contributed by atoms with Crippen molar-refractivity contribution in [3.05, 3.63) is 63.4 Å². The fourth-order valence-corrected chi connectivity index (χ4v) is 3.75. The molecule has 130 valence electrons. The molecule has 0 radical (unpaired) electrons. The van der Waals surface area contributed by atoms with Gasteiger partial charge >= 0.3 is 0 Å². The van der Waals surface area contributed by atoms with Crippen LogP contribution in [0.5, 0.6) is 5.75 Å². The number of nitrogens with one attached hydrogen (secondary N) is 2. The highest BCUT2D eigenvalue weighted by molar-refractivity contribution is 7.22. The Hall–Kier alpha value is -2.90. The van der Waals surface area contributed by atoms with Gasteiger partial charge in [-0.25, -0.2) is 4.98 Å². The van der Waals surface area contributed by atoms with Crippen molar-refractivity contribution in [2.24, 2.45) is 0 Å². The van der Waals surface area contributed by atoms with E-state index in [0.717, 1.165) is 10.2 Å². The first kappa shape index (κ1) is 16.6. The normalized spacial score (nSPS) is 11.0. The van der Waals surface area contributed by atoms with Gasteiger partial charge in [0.2, 0.25) is 5.43 Å². The zero-order valence-electron chi connectivity index (χ0n) is 13.5. The Morgan fingerprint density at radius 3 is 2.92 bits per heavy atom. The summed E-state index contributed by atoms with van der Waals surface area (Å²) in [5.74, 6) is 0.0183. The van der Waals surface area contributed by atoms with Gasteiger partial charge in [0.25, 0.3) is 5.91 Å². The molecule has 2 heterocycles. The molecule has 0 aliphatic rings. The van der Waals surface area contributed by atoms with Gasteiger partial charge in [-0.05, 0) is 36.4 Å². The van der Waals surface area contributed by atoms with Gasteiger partial charge in [0.15, 0.2) is 5.13 Å². The molecule has 0 fully saturated rings. The Bertz CT molecular complexity index is 1220. The van der Waals surface area contributed by atoms with Crippen molar-refractivity contribution in [3.63, 3.8) is 0 Å². The Labute approximate surface area is 156 Å². The number of anilines is 1. The van der Waals surface area contributed by atoms with Crippen molar-refractivity contribution >= 4 is 55.1 Å². The molecule has 4 rings (SSSR count). The number of aromatic amines is 1. The van der Waals surface area contributed by atoms with Crippen molar-refractivity contribution in [1.29, 1.82) is 0 Å². The minimum absolute atomic E-state index is 0.00282. The number of pyridine rings is 1. The van der Waals surface area contributed by atoms with Crippen molar-refractivity contribution < 1.29 is 9.53 Å². The number of ether oxygens (including phenoxy) is 1. The molecule has 4 aromatic rings. The number of thiazole rings is 1. The summed E-state index contributed by atoms with van der Waals surface area (Å²) >= 11 is 7.26. The van der Waals surface area contributed by atoms with E-state index in [2.05, 4.69) is 15.3 Å². The molecule has 2 aromatic heterocycles. The van der Waals surface area contributed by atoms with Gasteiger partial charge in [-0.2, -0.15) is 0 Å². The van der Waals surface area contributed by atoms with Gasteiger partial charge in [-0.3, -0.25) is 14.9 Å². The second kappa shape index (κ2) is 6.44. The molecule has 0 atom stereocenters. The Morgan fingerprint density at radius 1 is 1.27 bits per heavy atom. The molecule has 0 spiro atoms. The van der Waals surface area contributed by atoms with E-state index in [4.69, 9.17) is 16.3 Å². The number of amides is 1. The van der Waals surface area contributed by atoms with Crippen molar-refractivity contribution in [2.75, 3.05) is 12.4 Å². The van der Waals surface area contributed by atoms with Gasteiger partial charge in [-0.1, -0.05) is 22.9 Å². The van der Waals surface area contributed by atoms with Crippen LogP contribution in [0.3, 0.4) is 0 Å². The number of aromatic nitrogens is 2. The lowest BCUT2D eigenvalue weighted by molar-refractivity contribution is 0.102. The van der Waals surface area contributed by atoms with E-state index in [0.29, 0.717) is 26.8 Å². The maximum atomic E-state index is 12.7. The molecule has 8 heteroatoms. The minimum atomic E-state index is -0.527. The van der Waals surface area contributed by atoms with Crippen molar-refractivity contribution in [3.8, 4) is 5.75 Å². The molecule has 0 aliphatic heterocycles. The molecular weight excluding hydrogens is 374 g/mol. The van der Waals surface area contributed by atoms with E-state index in [1.54, 1.807) is 36.4 Å². The fraction of sp³-hybridized carbons (Fsp3) is 0.0556. The lowest BCUT2D eigenvalue weighted by atomic mass is 10.1. The van der Waals surface area contributed by atoms with Gasteiger partial charge in [0.05, 0.1) is 17.3 Å². The smallest absolute Gasteiger partial charge is 0.262 e. The Balaban J connectivity index is 1.70. The molecule has 2 N–H and O–H groups in total. The highest BCUT2D eigenvalue weighted by Gasteiger charge is 2.15. The number of carbonyl (C=O) groups excluding carboxylic acids is 1. The maximum Gasteiger partial charge on any atom is 0.262 e. The third kappa shape index (κ3) is 2.91. The fourth-order valence-electron chi connectivity index (χ4n) is 2.61. The summed E-state index contributed by atoms with van der Waals surface area (Å²) < 4.78 is 6.00. The quantitative estimate of drug-likeness (QED) is 0.557. The molecule has 0 saturated heterocycles. The molecule has 0 bridgehead atoms. The largest absolute Gasteiger partial charge is 0.497 e. The average molecular weight is 386 g/mol. The third-order valence-corrected chi connectivity index (χ3v) is 5.07. The first-order valence-electron chi connectivity index (χ1n) is 7.62. The van der Waals surface area contributed by atoms with Crippen LogP contribution in [0.4, 0.5) is 5.13 Å². The van der Waals surface area contributed by atoms with Crippen LogP contribution in [0.25, 0.3) is 21.1 Å². The standard InChI is InChI=1S/C18H12ClN3O3S/c1-25-10-3-5-13-11(7-10)16(23)12(8-20-13)17(24)22-18-21-14-4-2-9(19)6-15(14)26-18/h2-8H,1H3,(H,20,23)(H,21,22,24). The first-order valence-corrected chi connectivity index (χ1v) is 8.81. The van der Waals surface area contributed by atoms with Crippen molar-refractivity contribution in [1.82, 2.24) is 9.97 Å². The predicted molar refractivity (Wildman–Crippen MR) is 104 cm³/mol. The highest BCUT2D eigenvalue weighted by Crippen LogP contribution is 2.28. The zero-order chi connectivity index (χ0) is 18.3. The van der Waals surface area contributed by atoms with E-state index in [1.165, 1.54) is 24.6 Å². The maximum absolute atomic E-state index is 12.7. The van der Waals surface area contributed by atoms with E-state index < -0.39 is 5.91 Å². The Morgan fingerprint density at radius 2 is 2.12 bits per heavy atom.